The second-order valence-corrected chi connectivity index (χ2v) is 9.84. The fourth-order valence-electron chi connectivity index (χ4n) is 6.15. The largest absolute Gasteiger partial charge is 0.491 e. The summed E-state index contributed by atoms with van der Waals surface area (Å²) in [5.74, 6) is -4.15. The summed E-state index contributed by atoms with van der Waals surface area (Å²) in [6, 6.07) is 7.08. The minimum Gasteiger partial charge on any atom is -0.491 e. The second kappa shape index (κ2) is 9.55. The van der Waals surface area contributed by atoms with E-state index in [-0.39, 0.29) is 50.1 Å². The van der Waals surface area contributed by atoms with Gasteiger partial charge in [-0.3, -0.25) is 28.9 Å². The SMILES string of the molecule is CC1=CC(=O)C2=C(C1=O)C(c1ccc(OCCO)cc1)C1=CCC3C(=O)N(CCC(=O)O)C(=O)C3C1C2. The van der Waals surface area contributed by atoms with E-state index < -0.39 is 35.5 Å². The molecule has 9 nitrogen and oxygen atoms in total. The van der Waals surface area contributed by atoms with Crippen LogP contribution >= 0.6 is 0 Å². The van der Waals surface area contributed by atoms with Crippen LogP contribution in [-0.2, 0) is 24.0 Å². The van der Waals surface area contributed by atoms with Gasteiger partial charge in [-0.05, 0) is 49.5 Å². The third kappa shape index (κ3) is 4.13. The van der Waals surface area contributed by atoms with Crippen molar-refractivity contribution in [1.82, 2.24) is 4.90 Å². The number of likely N-dealkylation sites (tertiary alicyclic amines) is 1. The van der Waals surface area contributed by atoms with Crippen LogP contribution in [0.25, 0.3) is 0 Å². The van der Waals surface area contributed by atoms with Crippen molar-refractivity contribution in [3.05, 3.63) is 64.3 Å². The number of nitrogens with zero attached hydrogens (tertiary/aromatic N) is 1. The average molecular weight is 506 g/mol. The molecule has 1 aromatic rings. The zero-order valence-corrected chi connectivity index (χ0v) is 20.3. The van der Waals surface area contributed by atoms with Gasteiger partial charge in [0.15, 0.2) is 11.6 Å². The number of aliphatic carboxylic acids is 1. The number of carboxylic acid groups (broad SMARTS) is 1. The van der Waals surface area contributed by atoms with E-state index in [1.165, 1.54) is 6.08 Å². The van der Waals surface area contributed by atoms with Crippen LogP contribution in [0.2, 0.25) is 0 Å². The Morgan fingerprint density at radius 2 is 1.81 bits per heavy atom. The topological polar surface area (TPSA) is 138 Å². The van der Waals surface area contributed by atoms with Gasteiger partial charge in [-0.2, -0.15) is 0 Å². The smallest absolute Gasteiger partial charge is 0.305 e. The standard InChI is InChI=1S/C28H27NO8/c1-14-12-21(31)20-13-19-17(6-7-18-24(19)28(36)29(27(18)35)9-8-22(32)33)23(25(20)26(14)34)15-2-4-16(5-3-15)37-11-10-30/h2-6,12,18-19,23-24,30H,7-11,13H2,1H3,(H,32,33). The number of aliphatic hydroxyl groups is 1. The zero-order valence-electron chi connectivity index (χ0n) is 20.3. The summed E-state index contributed by atoms with van der Waals surface area (Å²) in [4.78, 5) is 65.1. The van der Waals surface area contributed by atoms with Crippen molar-refractivity contribution in [2.24, 2.45) is 17.8 Å². The molecule has 3 aliphatic carbocycles. The number of imide groups is 1. The second-order valence-electron chi connectivity index (χ2n) is 9.84. The molecule has 4 aliphatic rings. The summed E-state index contributed by atoms with van der Waals surface area (Å²) in [6.45, 7) is 1.44. The number of ketones is 2. The summed E-state index contributed by atoms with van der Waals surface area (Å²) in [7, 11) is 0. The minimum absolute atomic E-state index is 0.129. The zero-order chi connectivity index (χ0) is 26.4. The normalized spacial score (nSPS) is 26.9. The maximum absolute atomic E-state index is 13.4. The predicted octanol–water partition coefficient (Wildman–Crippen LogP) is 1.96. The van der Waals surface area contributed by atoms with Gasteiger partial charge >= 0.3 is 5.97 Å². The fraction of sp³-hybridized carbons (Fsp3) is 0.393. The molecule has 1 aromatic carbocycles. The number of rotatable bonds is 7. The molecule has 0 saturated carbocycles. The van der Waals surface area contributed by atoms with Crippen molar-refractivity contribution in [3.63, 3.8) is 0 Å². The van der Waals surface area contributed by atoms with Gasteiger partial charge in [0.25, 0.3) is 0 Å². The van der Waals surface area contributed by atoms with Gasteiger partial charge in [0.1, 0.15) is 12.4 Å². The first-order valence-electron chi connectivity index (χ1n) is 12.3. The molecular weight excluding hydrogens is 478 g/mol. The first-order valence-corrected chi connectivity index (χ1v) is 12.3. The highest BCUT2D eigenvalue weighted by atomic mass is 16.5. The number of ether oxygens (including phenoxy) is 1. The van der Waals surface area contributed by atoms with E-state index in [9.17, 15) is 24.0 Å². The molecule has 0 bridgehead atoms. The van der Waals surface area contributed by atoms with Crippen LogP contribution in [0, 0.1) is 17.8 Å². The van der Waals surface area contributed by atoms with Crippen LogP contribution in [0.5, 0.6) is 5.75 Å². The Morgan fingerprint density at radius 1 is 1.08 bits per heavy atom. The first kappa shape index (κ1) is 24.8. The Balaban J connectivity index is 1.57. The molecule has 0 spiro atoms. The summed E-state index contributed by atoms with van der Waals surface area (Å²) < 4.78 is 5.46. The Labute approximate surface area is 213 Å². The lowest BCUT2D eigenvalue weighted by Crippen LogP contribution is -2.40. The van der Waals surface area contributed by atoms with E-state index in [0.29, 0.717) is 28.9 Å². The molecule has 192 valence electrons. The molecule has 37 heavy (non-hydrogen) atoms. The van der Waals surface area contributed by atoms with Crippen molar-refractivity contribution >= 4 is 29.4 Å². The number of carboxylic acids is 1. The van der Waals surface area contributed by atoms with Crippen molar-refractivity contribution in [2.45, 2.75) is 32.1 Å². The third-order valence-corrected chi connectivity index (χ3v) is 7.78. The lowest BCUT2D eigenvalue weighted by atomic mass is 9.59. The molecule has 2 amide bonds. The molecule has 2 N–H and O–H groups in total. The van der Waals surface area contributed by atoms with Crippen molar-refractivity contribution in [1.29, 1.82) is 0 Å². The van der Waals surface area contributed by atoms with Crippen molar-refractivity contribution in [2.75, 3.05) is 19.8 Å². The molecular formula is C28H27NO8. The molecule has 5 rings (SSSR count). The summed E-state index contributed by atoms with van der Waals surface area (Å²) >= 11 is 0. The summed E-state index contributed by atoms with van der Waals surface area (Å²) in [5.41, 5.74) is 2.73. The highest BCUT2D eigenvalue weighted by Gasteiger charge is 2.56. The van der Waals surface area contributed by atoms with Gasteiger partial charge in [0, 0.05) is 29.2 Å². The van der Waals surface area contributed by atoms with Gasteiger partial charge in [-0.1, -0.05) is 23.8 Å². The monoisotopic (exact) mass is 505 g/mol. The molecule has 4 unspecified atom stereocenters. The summed E-state index contributed by atoms with van der Waals surface area (Å²) in [5, 5.41) is 18.1. The number of hydrogen-bond donors (Lipinski definition) is 2. The number of carbonyl (C=O) groups excluding carboxylic acids is 4. The molecule has 9 heteroatoms. The Hall–Kier alpha value is -3.85. The molecule has 1 saturated heterocycles. The van der Waals surface area contributed by atoms with Crippen LogP contribution in [0.1, 0.15) is 37.7 Å². The minimum atomic E-state index is -1.10. The van der Waals surface area contributed by atoms with Gasteiger partial charge in [-0.15, -0.1) is 0 Å². The number of benzene rings is 1. The van der Waals surface area contributed by atoms with Gasteiger partial charge < -0.3 is 14.9 Å². The van der Waals surface area contributed by atoms with Crippen LogP contribution in [0.15, 0.2) is 58.7 Å². The lowest BCUT2D eigenvalue weighted by molar-refractivity contribution is -0.142. The number of Topliss-reactive ketones (excluding diaryl/α,β-unsaturated/α-hetero) is 1. The van der Waals surface area contributed by atoms with Crippen molar-refractivity contribution in [3.8, 4) is 5.75 Å². The highest BCUT2D eigenvalue weighted by Crippen LogP contribution is 2.55. The van der Waals surface area contributed by atoms with E-state index in [2.05, 4.69) is 0 Å². The number of carbonyl (C=O) groups is 5. The van der Waals surface area contributed by atoms with Crippen LogP contribution in [0.3, 0.4) is 0 Å². The lowest BCUT2D eigenvalue weighted by Gasteiger charge is -2.42. The number of hydrogen-bond acceptors (Lipinski definition) is 7. The van der Waals surface area contributed by atoms with Crippen LogP contribution in [0.4, 0.5) is 0 Å². The predicted molar refractivity (Wildman–Crippen MR) is 129 cm³/mol. The number of aliphatic hydroxyl groups excluding tert-OH is 1. The molecule has 0 aromatic heterocycles. The van der Waals surface area contributed by atoms with E-state index in [1.54, 1.807) is 19.1 Å². The Morgan fingerprint density at radius 3 is 2.49 bits per heavy atom. The Kier molecular flexibility index (Phi) is 6.41. The average Bonchev–Trinajstić information content (AvgIpc) is 3.13. The maximum atomic E-state index is 13.4. The van der Waals surface area contributed by atoms with Gasteiger partial charge in [0.05, 0.1) is 24.9 Å². The van der Waals surface area contributed by atoms with Crippen LogP contribution in [-0.4, -0.2) is 64.2 Å². The highest BCUT2D eigenvalue weighted by molar-refractivity contribution is 6.23. The molecule has 1 heterocycles. The number of allylic oxidation sites excluding steroid dienone is 6. The van der Waals surface area contributed by atoms with E-state index in [1.807, 2.05) is 18.2 Å². The molecule has 4 atom stereocenters. The maximum Gasteiger partial charge on any atom is 0.305 e. The number of fused-ring (bicyclic) bond motifs is 3. The fourth-order valence-corrected chi connectivity index (χ4v) is 6.15. The third-order valence-electron chi connectivity index (χ3n) is 7.78. The molecule has 0 radical (unpaired) electrons. The van der Waals surface area contributed by atoms with E-state index >= 15 is 0 Å². The van der Waals surface area contributed by atoms with E-state index in [0.717, 1.165) is 16.0 Å². The van der Waals surface area contributed by atoms with E-state index in [4.69, 9.17) is 14.9 Å². The van der Waals surface area contributed by atoms with Crippen LogP contribution < -0.4 is 4.74 Å². The van der Waals surface area contributed by atoms with Crippen molar-refractivity contribution < 1.29 is 38.9 Å². The molecule has 1 aliphatic heterocycles. The first-order chi connectivity index (χ1) is 17.7. The van der Waals surface area contributed by atoms with Gasteiger partial charge in [-0.25, -0.2) is 0 Å². The number of amides is 2. The Bertz CT molecular complexity index is 1300. The van der Waals surface area contributed by atoms with Gasteiger partial charge in [0.2, 0.25) is 11.8 Å². The summed E-state index contributed by atoms with van der Waals surface area (Å²) in [6.07, 6.45) is 3.41. The quantitative estimate of drug-likeness (QED) is 0.326. The molecule has 1 fully saturated rings.